The highest BCUT2D eigenvalue weighted by atomic mass is 19.2. The number of halogens is 3. The van der Waals surface area contributed by atoms with E-state index in [1.807, 2.05) is 0 Å². The van der Waals surface area contributed by atoms with E-state index >= 15 is 0 Å². The van der Waals surface area contributed by atoms with Gasteiger partial charge in [0.1, 0.15) is 11.3 Å². The van der Waals surface area contributed by atoms with Crippen LogP contribution < -0.4 is 0 Å². The second-order valence-electron chi connectivity index (χ2n) is 4.35. The van der Waals surface area contributed by atoms with Gasteiger partial charge >= 0.3 is 5.97 Å². The Hall–Kier alpha value is -2.83. The molecule has 0 aliphatic heterocycles. The van der Waals surface area contributed by atoms with Crippen molar-refractivity contribution in [3.63, 3.8) is 0 Å². The maximum absolute atomic E-state index is 13.2. The van der Waals surface area contributed by atoms with Crippen LogP contribution in [-0.2, 0) is 0 Å². The first-order valence-corrected chi connectivity index (χ1v) is 5.84. The third-order valence-corrected chi connectivity index (χ3v) is 3.00. The van der Waals surface area contributed by atoms with Gasteiger partial charge in [-0.2, -0.15) is 0 Å². The number of carboxylic acid groups (broad SMARTS) is 1. The molecular weight excluding hydrogens is 285 g/mol. The summed E-state index contributed by atoms with van der Waals surface area (Å²) in [6.07, 6.45) is 0. The first-order valence-electron chi connectivity index (χ1n) is 5.84. The minimum Gasteiger partial charge on any atom is -0.478 e. The van der Waals surface area contributed by atoms with E-state index in [1.54, 1.807) is 6.07 Å². The summed E-state index contributed by atoms with van der Waals surface area (Å²) in [5.41, 5.74) is 0.497. The van der Waals surface area contributed by atoms with Crippen LogP contribution in [0.25, 0.3) is 22.4 Å². The van der Waals surface area contributed by atoms with Crippen molar-refractivity contribution in [3.05, 3.63) is 53.3 Å². The van der Waals surface area contributed by atoms with Crippen LogP contribution in [0.15, 0.2) is 30.3 Å². The fraction of sp³-hybridized carbons (Fsp3) is 0. The standard InChI is InChI=1S/C14H7F3N2O2/c15-8-4-6(5-9(16)11(8)17)13-18-10-3-1-2-7(14(20)21)12(10)19-13/h1-5H,(H,18,19)(H,20,21). The van der Waals surface area contributed by atoms with Crippen molar-refractivity contribution in [2.24, 2.45) is 0 Å². The molecule has 0 saturated carbocycles. The van der Waals surface area contributed by atoms with Gasteiger partial charge in [0.25, 0.3) is 0 Å². The number of nitrogens with one attached hydrogen (secondary N) is 1. The van der Waals surface area contributed by atoms with Gasteiger partial charge in [-0.05, 0) is 24.3 Å². The average Bonchev–Trinajstić information content (AvgIpc) is 2.87. The minimum absolute atomic E-state index is 0.0149. The topological polar surface area (TPSA) is 66.0 Å². The first kappa shape index (κ1) is 13.2. The monoisotopic (exact) mass is 292 g/mol. The first-order chi connectivity index (χ1) is 9.97. The van der Waals surface area contributed by atoms with Gasteiger partial charge in [0.15, 0.2) is 17.5 Å². The van der Waals surface area contributed by atoms with Crippen LogP contribution >= 0.6 is 0 Å². The smallest absolute Gasteiger partial charge is 0.337 e. The molecule has 0 aliphatic carbocycles. The molecule has 21 heavy (non-hydrogen) atoms. The van der Waals surface area contributed by atoms with Crippen molar-refractivity contribution in [2.75, 3.05) is 0 Å². The number of hydrogen-bond donors (Lipinski definition) is 2. The summed E-state index contributed by atoms with van der Waals surface area (Å²) in [5, 5.41) is 9.06. The molecule has 0 fully saturated rings. The number of aromatic amines is 1. The summed E-state index contributed by atoms with van der Waals surface area (Å²) in [5.74, 6) is -5.37. The van der Waals surface area contributed by atoms with E-state index in [9.17, 15) is 18.0 Å². The Morgan fingerprint density at radius 3 is 2.43 bits per heavy atom. The summed E-state index contributed by atoms with van der Waals surface area (Å²) >= 11 is 0. The molecule has 0 bridgehead atoms. The molecule has 1 aromatic heterocycles. The molecule has 2 N–H and O–H groups in total. The van der Waals surface area contributed by atoms with E-state index in [0.717, 1.165) is 12.1 Å². The molecule has 7 heteroatoms. The highest BCUT2D eigenvalue weighted by molar-refractivity contribution is 6.01. The van der Waals surface area contributed by atoms with Crippen molar-refractivity contribution < 1.29 is 23.1 Å². The molecule has 0 radical (unpaired) electrons. The number of carbonyl (C=O) groups is 1. The van der Waals surface area contributed by atoms with E-state index in [-0.39, 0.29) is 22.5 Å². The fourth-order valence-corrected chi connectivity index (χ4v) is 2.03. The number of nitrogens with zero attached hydrogens (tertiary/aromatic N) is 1. The molecule has 0 unspecified atom stereocenters. The van der Waals surface area contributed by atoms with Crippen molar-refractivity contribution >= 4 is 17.0 Å². The van der Waals surface area contributed by atoms with Crippen LogP contribution in [0, 0.1) is 17.5 Å². The molecule has 2 aromatic carbocycles. The molecule has 0 spiro atoms. The van der Waals surface area contributed by atoms with Gasteiger partial charge in [-0.1, -0.05) is 6.07 Å². The Labute approximate surface area is 115 Å². The molecule has 0 atom stereocenters. The lowest BCUT2D eigenvalue weighted by Gasteiger charge is -1.99. The maximum Gasteiger partial charge on any atom is 0.337 e. The fourth-order valence-electron chi connectivity index (χ4n) is 2.03. The molecule has 4 nitrogen and oxygen atoms in total. The number of aromatic carboxylic acids is 1. The highest BCUT2D eigenvalue weighted by Crippen LogP contribution is 2.25. The quantitative estimate of drug-likeness (QED) is 0.712. The van der Waals surface area contributed by atoms with Crippen molar-refractivity contribution in [3.8, 4) is 11.4 Å². The van der Waals surface area contributed by atoms with Crippen LogP contribution in [0.2, 0.25) is 0 Å². The molecule has 3 aromatic rings. The van der Waals surface area contributed by atoms with Crippen LogP contribution in [0.5, 0.6) is 0 Å². The normalized spacial score (nSPS) is 11.0. The van der Waals surface area contributed by atoms with Gasteiger partial charge in [0.05, 0.1) is 11.1 Å². The average molecular weight is 292 g/mol. The Bertz CT molecular complexity index is 851. The van der Waals surface area contributed by atoms with Gasteiger partial charge in [-0.3, -0.25) is 0 Å². The van der Waals surface area contributed by atoms with Crippen molar-refractivity contribution in [1.29, 1.82) is 0 Å². The zero-order valence-electron chi connectivity index (χ0n) is 10.3. The van der Waals surface area contributed by atoms with Crippen LogP contribution in [-0.4, -0.2) is 21.0 Å². The lowest BCUT2D eigenvalue weighted by molar-refractivity contribution is 0.0699. The molecular formula is C14H7F3N2O2. The number of para-hydroxylation sites is 1. The van der Waals surface area contributed by atoms with Gasteiger partial charge in [0.2, 0.25) is 0 Å². The third kappa shape index (κ3) is 2.12. The Morgan fingerprint density at radius 2 is 1.81 bits per heavy atom. The van der Waals surface area contributed by atoms with Crippen LogP contribution in [0.4, 0.5) is 13.2 Å². The second-order valence-corrected chi connectivity index (χ2v) is 4.35. The largest absolute Gasteiger partial charge is 0.478 e. The number of hydrogen-bond acceptors (Lipinski definition) is 2. The van der Waals surface area contributed by atoms with Crippen molar-refractivity contribution in [2.45, 2.75) is 0 Å². The third-order valence-electron chi connectivity index (χ3n) is 3.00. The lowest BCUT2D eigenvalue weighted by Crippen LogP contribution is -1.96. The number of benzene rings is 2. The van der Waals surface area contributed by atoms with E-state index in [4.69, 9.17) is 5.11 Å². The second kappa shape index (κ2) is 4.62. The van der Waals surface area contributed by atoms with Gasteiger partial charge in [0, 0.05) is 5.56 Å². The number of rotatable bonds is 2. The predicted octanol–water partition coefficient (Wildman–Crippen LogP) is 3.35. The number of H-pyrrole nitrogens is 1. The molecule has 1 heterocycles. The summed E-state index contributed by atoms with van der Waals surface area (Å²) in [7, 11) is 0. The number of aromatic nitrogens is 2. The Balaban J connectivity index is 2.22. The van der Waals surface area contributed by atoms with E-state index < -0.39 is 23.4 Å². The number of imidazole rings is 1. The summed E-state index contributed by atoms with van der Waals surface area (Å²) < 4.78 is 39.4. The van der Waals surface area contributed by atoms with E-state index in [0.29, 0.717) is 5.52 Å². The summed E-state index contributed by atoms with van der Waals surface area (Å²) in [6, 6.07) is 6.03. The van der Waals surface area contributed by atoms with Gasteiger partial charge in [-0.25, -0.2) is 22.9 Å². The zero-order valence-corrected chi connectivity index (χ0v) is 10.3. The van der Waals surface area contributed by atoms with E-state index in [2.05, 4.69) is 9.97 Å². The lowest BCUT2D eigenvalue weighted by atomic mass is 10.2. The van der Waals surface area contributed by atoms with Crippen molar-refractivity contribution in [1.82, 2.24) is 9.97 Å². The number of fused-ring (bicyclic) bond motifs is 1. The van der Waals surface area contributed by atoms with Crippen LogP contribution in [0.1, 0.15) is 10.4 Å². The number of carboxylic acids is 1. The van der Waals surface area contributed by atoms with Gasteiger partial charge in [-0.15, -0.1) is 0 Å². The van der Waals surface area contributed by atoms with Gasteiger partial charge < -0.3 is 10.1 Å². The molecule has 0 aliphatic rings. The molecule has 3 rings (SSSR count). The summed E-state index contributed by atoms with van der Waals surface area (Å²) in [4.78, 5) is 17.9. The molecule has 106 valence electrons. The zero-order chi connectivity index (χ0) is 15.1. The predicted molar refractivity (Wildman–Crippen MR) is 68.4 cm³/mol. The highest BCUT2D eigenvalue weighted by Gasteiger charge is 2.16. The Kier molecular flexibility index (Phi) is 2.90. The summed E-state index contributed by atoms with van der Waals surface area (Å²) in [6.45, 7) is 0. The van der Waals surface area contributed by atoms with Crippen LogP contribution in [0.3, 0.4) is 0 Å². The Morgan fingerprint density at radius 1 is 1.14 bits per heavy atom. The molecule has 0 saturated heterocycles. The maximum atomic E-state index is 13.2. The molecule has 0 amide bonds. The SMILES string of the molecule is O=C(O)c1cccc2[nH]c(-c3cc(F)c(F)c(F)c3)nc12. The minimum atomic E-state index is -1.57. The van der Waals surface area contributed by atoms with E-state index in [1.165, 1.54) is 12.1 Å².